The molecule has 0 aliphatic heterocycles. The molecule has 0 saturated carbocycles. The van der Waals surface area contributed by atoms with Gasteiger partial charge >= 0.3 is 0 Å². The van der Waals surface area contributed by atoms with E-state index >= 15 is 0 Å². The number of aromatic nitrogens is 1. The first-order chi connectivity index (χ1) is 9.10. The summed E-state index contributed by atoms with van der Waals surface area (Å²) in [5.41, 5.74) is 1.36. The van der Waals surface area contributed by atoms with E-state index in [0.29, 0.717) is 0 Å². The Labute approximate surface area is 119 Å². The lowest BCUT2D eigenvalue weighted by molar-refractivity contribution is 0.872. The minimum Gasteiger partial charge on any atom is -0.370 e. The fourth-order valence-electron chi connectivity index (χ4n) is 2.17. The molecule has 2 N–H and O–H groups in total. The van der Waals surface area contributed by atoms with Crippen molar-refractivity contribution in [1.82, 2.24) is 4.98 Å². The summed E-state index contributed by atoms with van der Waals surface area (Å²) in [6, 6.07) is 8.54. The van der Waals surface area contributed by atoms with Crippen molar-refractivity contribution in [3.63, 3.8) is 0 Å². The third-order valence-corrected chi connectivity index (χ3v) is 4.00. The Bertz CT molecular complexity index is 548. The minimum absolute atomic E-state index is 0.273. The molecule has 0 aromatic carbocycles. The summed E-state index contributed by atoms with van der Waals surface area (Å²) in [5.74, 6) is 1.83. The van der Waals surface area contributed by atoms with Gasteiger partial charge in [-0.25, -0.2) is 4.98 Å². The van der Waals surface area contributed by atoms with Crippen LogP contribution in [-0.4, -0.2) is 11.5 Å². The van der Waals surface area contributed by atoms with Crippen LogP contribution in [0, 0.1) is 13.8 Å². The van der Waals surface area contributed by atoms with E-state index in [9.17, 15) is 0 Å². The zero-order valence-electron chi connectivity index (χ0n) is 11.9. The van der Waals surface area contributed by atoms with Gasteiger partial charge < -0.3 is 10.6 Å². The van der Waals surface area contributed by atoms with Gasteiger partial charge in [0.25, 0.3) is 0 Å². The third-order valence-electron chi connectivity index (χ3n) is 3.02. The van der Waals surface area contributed by atoms with E-state index < -0.39 is 0 Å². The second kappa shape index (κ2) is 6.06. The van der Waals surface area contributed by atoms with Gasteiger partial charge in [-0.2, -0.15) is 0 Å². The maximum atomic E-state index is 4.55. The van der Waals surface area contributed by atoms with E-state index in [1.807, 2.05) is 29.5 Å². The van der Waals surface area contributed by atoms with Crippen LogP contribution in [-0.2, 0) is 0 Å². The standard InChI is InChI=1S/C15H21N3S/c1-5-16-14-7-6-8-15(18-14)17-11(3)13-9-10(2)19-12(13)4/h6-9,11H,5H2,1-4H3,(H2,16,17,18). The topological polar surface area (TPSA) is 37.0 Å². The molecule has 4 heteroatoms. The van der Waals surface area contributed by atoms with Crippen molar-refractivity contribution in [2.75, 3.05) is 17.2 Å². The van der Waals surface area contributed by atoms with E-state index in [1.54, 1.807) is 0 Å². The average Bonchev–Trinajstić information content (AvgIpc) is 2.69. The molecule has 0 aliphatic carbocycles. The van der Waals surface area contributed by atoms with E-state index in [2.05, 4.69) is 49.4 Å². The van der Waals surface area contributed by atoms with Gasteiger partial charge in [0, 0.05) is 16.3 Å². The maximum absolute atomic E-state index is 4.55. The molecule has 0 bridgehead atoms. The van der Waals surface area contributed by atoms with E-state index in [0.717, 1.165) is 18.2 Å². The van der Waals surface area contributed by atoms with Crippen molar-refractivity contribution in [3.8, 4) is 0 Å². The molecular formula is C15H21N3S. The lowest BCUT2D eigenvalue weighted by atomic mass is 10.1. The van der Waals surface area contributed by atoms with Gasteiger partial charge in [0.05, 0.1) is 6.04 Å². The molecule has 2 aromatic rings. The van der Waals surface area contributed by atoms with Gasteiger partial charge in [-0.3, -0.25) is 0 Å². The zero-order chi connectivity index (χ0) is 13.8. The first-order valence-corrected chi connectivity index (χ1v) is 7.46. The summed E-state index contributed by atoms with van der Waals surface area (Å²) in [7, 11) is 0. The number of nitrogens with one attached hydrogen (secondary N) is 2. The summed E-state index contributed by atoms with van der Waals surface area (Å²) in [4.78, 5) is 7.28. The van der Waals surface area contributed by atoms with Crippen LogP contribution in [0.15, 0.2) is 24.3 Å². The Kier molecular flexibility index (Phi) is 4.43. The summed E-state index contributed by atoms with van der Waals surface area (Å²) in [5, 5.41) is 6.69. The van der Waals surface area contributed by atoms with Crippen LogP contribution in [0.4, 0.5) is 11.6 Å². The molecule has 0 fully saturated rings. The normalized spacial score (nSPS) is 12.2. The lowest BCUT2D eigenvalue weighted by Crippen LogP contribution is -2.09. The summed E-state index contributed by atoms with van der Waals surface area (Å²) < 4.78 is 0. The number of nitrogens with zero attached hydrogens (tertiary/aromatic N) is 1. The Hall–Kier alpha value is -1.55. The van der Waals surface area contributed by atoms with Gasteiger partial charge in [-0.1, -0.05) is 6.07 Å². The van der Waals surface area contributed by atoms with Crippen LogP contribution in [0.3, 0.4) is 0 Å². The Morgan fingerprint density at radius 1 is 1.26 bits per heavy atom. The molecule has 1 atom stereocenters. The van der Waals surface area contributed by atoms with Crippen molar-refractivity contribution < 1.29 is 0 Å². The Morgan fingerprint density at radius 2 is 2.00 bits per heavy atom. The second-order valence-electron chi connectivity index (χ2n) is 4.67. The van der Waals surface area contributed by atoms with Crippen LogP contribution in [0.1, 0.15) is 35.2 Å². The summed E-state index contributed by atoms with van der Waals surface area (Å²) in [6.07, 6.45) is 0. The first kappa shape index (κ1) is 13.9. The molecule has 2 heterocycles. The van der Waals surface area contributed by atoms with Crippen molar-refractivity contribution in [2.45, 2.75) is 33.7 Å². The molecule has 19 heavy (non-hydrogen) atoms. The fraction of sp³-hybridized carbons (Fsp3) is 0.400. The molecule has 1 unspecified atom stereocenters. The van der Waals surface area contributed by atoms with Crippen molar-refractivity contribution in [1.29, 1.82) is 0 Å². The van der Waals surface area contributed by atoms with Crippen molar-refractivity contribution >= 4 is 23.0 Å². The van der Waals surface area contributed by atoms with Gasteiger partial charge in [-0.15, -0.1) is 11.3 Å². The monoisotopic (exact) mass is 275 g/mol. The lowest BCUT2D eigenvalue weighted by Gasteiger charge is -2.15. The summed E-state index contributed by atoms with van der Waals surface area (Å²) in [6.45, 7) is 9.46. The molecule has 2 rings (SSSR count). The maximum Gasteiger partial charge on any atom is 0.128 e. The number of hydrogen-bond donors (Lipinski definition) is 2. The number of pyridine rings is 1. The number of aryl methyl sites for hydroxylation is 2. The van der Waals surface area contributed by atoms with Crippen LogP contribution in [0.2, 0.25) is 0 Å². The number of anilines is 2. The summed E-state index contributed by atoms with van der Waals surface area (Å²) >= 11 is 1.85. The molecule has 3 nitrogen and oxygen atoms in total. The van der Waals surface area contributed by atoms with Crippen LogP contribution in [0.5, 0.6) is 0 Å². The third kappa shape index (κ3) is 3.47. The highest BCUT2D eigenvalue weighted by Crippen LogP contribution is 2.28. The predicted octanol–water partition coefficient (Wildman–Crippen LogP) is 4.36. The first-order valence-electron chi connectivity index (χ1n) is 6.64. The highest BCUT2D eigenvalue weighted by atomic mass is 32.1. The van der Waals surface area contributed by atoms with Gasteiger partial charge in [-0.05, 0) is 51.5 Å². The SMILES string of the molecule is CCNc1cccc(NC(C)c2cc(C)sc2C)n1. The average molecular weight is 275 g/mol. The molecule has 0 amide bonds. The van der Waals surface area contributed by atoms with Gasteiger partial charge in [0.1, 0.15) is 11.6 Å². The highest BCUT2D eigenvalue weighted by molar-refractivity contribution is 7.12. The van der Waals surface area contributed by atoms with Crippen LogP contribution < -0.4 is 10.6 Å². The minimum atomic E-state index is 0.273. The van der Waals surface area contributed by atoms with Gasteiger partial charge in [0.15, 0.2) is 0 Å². The molecular weight excluding hydrogens is 254 g/mol. The smallest absolute Gasteiger partial charge is 0.128 e. The molecule has 0 spiro atoms. The Morgan fingerprint density at radius 3 is 2.63 bits per heavy atom. The second-order valence-corrected chi connectivity index (χ2v) is 6.13. The van der Waals surface area contributed by atoms with Crippen LogP contribution >= 0.6 is 11.3 Å². The molecule has 2 aromatic heterocycles. The van der Waals surface area contributed by atoms with E-state index in [4.69, 9.17) is 0 Å². The molecule has 0 saturated heterocycles. The molecule has 0 aliphatic rings. The zero-order valence-corrected chi connectivity index (χ0v) is 12.8. The number of hydrogen-bond acceptors (Lipinski definition) is 4. The van der Waals surface area contributed by atoms with Crippen molar-refractivity contribution in [2.24, 2.45) is 0 Å². The van der Waals surface area contributed by atoms with Crippen LogP contribution in [0.25, 0.3) is 0 Å². The van der Waals surface area contributed by atoms with Gasteiger partial charge in [0.2, 0.25) is 0 Å². The highest BCUT2D eigenvalue weighted by Gasteiger charge is 2.11. The van der Waals surface area contributed by atoms with E-state index in [-0.39, 0.29) is 6.04 Å². The molecule has 0 radical (unpaired) electrons. The predicted molar refractivity (Wildman–Crippen MR) is 84.2 cm³/mol. The van der Waals surface area contributed by atoms with Crippen molar-refractivity contribution in [3.05, 3.63) is 39.6 Å². The number of rotatable bonds is 5. The quantitative estimate of drug-likeness (QED) is 0.851. The largest absolute Gasteiger partial charge is 0.370 e. The van der Waals surface area contributed by atoms with E-state index in [1.165, 1.54) is 15.3 Å². The fourth-order valence-corrected chi connectivity index (χ4v) is 3.20. The number of thiophene rings is 1. The molecule has 102 valence electrons. The Balaban J connectivity index is 2.12.